The van der Waals surface area contributed by atoms with Crippen molar-refractivity contribution in [3.63, 3.8) is 0 Å². The minimum Gasteiger partial charge on any atom is -0.298 e. The zero-order chi connectivity index (χ0) is 14.5. The van der Waals surface area contributed by atoms with Crippen LogP contribution in [-0.4, -0.2) is 11.9 Å². The van der Waals surface area contributed by atoms with E-state index in [0.717, 1.165) is 6.54 Å². The van der Waals surface area contributed by atoms with Gasteiger partial charge in [0.05, 0.1) is 11.6 Å². The molecule has 3 heteroatoms. The van der Waals surface area contributed by atoms with E-state index in [2.05, 4.69) is 30.0 Å². The molecule has 0 aliphatic heterocycles. The largest absolute Gasteiger partial charge is 0.298 e. The molecular weight excluding hydrogens is 251 g/mol. The van der Waals surface area contributed by atoms with E-state index in [1.165, 1.54) is 17.2 Å². The van der Waals surface area contributed by atoms with E-state index in [4.69, 9.17) is 5.26 Å². The lowest BCUT2D eigenvalue weighted by atomic mass is 10.1. The Labute approximate surface area is 119 Å². The van der Waals surface area contributed by atoms with Crippen molar-refractivity contribution in [2.24, 2.45) is 0 Å². The minimum atomic E-state index is -0.319. The van der Waals surface area contributed by atoms with E-state index in [9.17, 15) is 4.39 Å². The molecule has 0 amide bonds. The van der Waals surface area contributed by atoms with E-state index in [0.29, 0.717) is 17.7 Å². The van der Waals surface area contributed by atoms with Gasteiger partial charge in [-0.1, -0.05) is 35.9 Å². The van der Waals surface area contributed by atoms with Crippen LogP contribution in [0.15, 0.2) is 42.5 Å². The second-order valence-electron chi connectivity index (χ2n) is 5.08. The van der Waals surface area contributed by atoms with Gasteiger partial charge in [0, 0.05) is 18.7 Å². The van der Waals surface area contributed by atoms with Gasteiger partial charge in [0.1, 0.15) is 5.82 Å². The number of nitrogens with zero attached hydrogens (tertiary/aromatic N) is 2. The molecule has 2 aromatic carbocycles. The highest BCUT2D eigenvalue weighted by atomic mass is 19.1. The Morgan fingerprint density at radius 3 is 2.60 bits per heavy atom. The van der Waals surface area contributed by atoms with Crippen LogP contribution in [0.2, 0.25) is 0 Å². The SMILES string of the molecule is Cc1cccc(CN(C)Cc2ccc(C#N)cc2F)c1. The fourth-order valence-corrected chi connectivity index (χ4v) is 2.21. The van der Waals surface area contributed by atoms with Crippen molar-refractivity contribution in [2.45, 2.75) is 20.0 Å². The first-order chi connectivity index (χ1) is 9.58. The molecule has 0 bridgehead atoms. The monoisotopic (exact) mass is 268 g/mol. The maximum Gasteiger partial charge on any atom is 0.129 e. The second kappa shape index (κ2) is 6.31. The summed E-state index contributed by atoms with van der Waals surface area (Å²) in [6, 6.07) is 14.8. The van der Waals surface area contributed by atoms with E-state index in [-0.39, 0.29) is 5.82 Å². The van der Waals surface area contributed by atoms with Crippen LogP contribution in [0.25, 0.3) is 0 Å². The zero-order valence-electron chi connectivity index (χ0n) is 11.7. The van der Waals surface area contributed by atoms with E-state index < -0.39 is 0 Å². The van der Waals surface area contributed by atoms with Crippen molar-refractivity contribution in [1.82, 2.24) is 4.90 Å². The summed E-state index contributed by atoms with van der Waals surface area (Å²) in [5.41, 5.74) is 3.40. The van der Waals surface area contributed by atoms with Crippen molar-refractivity contribution < 1.29 is 4.39 Å². The highest BCUT2D eigenvalue weighted by molar-refractivity contribution is 5.33. The van der Waals surface area contributed by atoms with Crippen LogP contribution >= 0.6 is 0 Å². The minimum absolute atomic E-state index is 0.319. The van der Waals surface area contributed by atoms with Crippen molar-refractivity contribution in [3.8, 4) is 6.07 Å². The van der Waals surface area contributed by atoms with Crippen LogP contribution in [0.5, 0.6) is 0 Å². The fraction of sp³-hybridized carbons (Fsp3) is 0.235. The third-order valence-corrected chi connectivity index (χ3v) is 3.16. The fourth-order valence-electron chi connectivity index (χ4n) is 2.21. The molecule has 0 unspecified atom stereocenters. The summed E-state index contributed by atoms with van der Waals surface area (Å²) in [5.74, 6) is -0.319. The standard InChI is InChI=1S/C17H17FN2/c1-13-4-3-5-15(8-13)11-20(2)12-16-7-6-14(10-19)9-17(16)18/h3-9H,11-12H2,1-2H3. The Balaban J connectivity index is 2.05. The lowest BCUT2D eigenvalue weighted by Gasteiger charge is -2.17. The predicted octanol–water partition coefficient (Wildman–Crippen LogP) is 3.64. The Morgan fingerprint density at radius 1 is 1.15 bits per heavy atom. The quantitative estimate of drug-likeness (QED) is 0.846. The third kappa shape index (κ3) is 3.66. The predicted molar refractivity (Wildman–Crippen MR) is 77.5 cm³/mol. The molecule has 102 valence electrons. The summed E-state index contributed by atoms with van der Waals surface area (Å²) >= 11 is 0. The molecule has 2 rings (SSSR count). The van der Waals surface area contributed by atoms with E-state index >= 15 is 0 Å². The zero-order valence-corrected chi connectivity index (χ0v) is 11.7. The molecular formula is C17H17FN2. The maximum absolute atomic E-state index is 13.8. The summed E-state index contributed by atoms with van der Waals surface area (Å²) < 4.78 is 13.8. The lowest BCUT2D eigenvalue weighted by molar-refractivity contribution is 0.313. The molecule has 0 N–H and O–H groups in total. The first-order valence-electron chi connectivity index (χ1n) is 6.51. The number of halogens is 1. The van der Waals surface area contributed by atoms with Gasteiger partial charge in [-0.3, -0.25) is 4.90 Å². The van der Waals surface area contributed by atoms with Crippen LogP contribution in [0.1, 0.15) is 22.3 Å². The van der Waals surface area contributed by atoms with Crippen molar-refractivity contribution in [1.29, 1.82) is 5.26 Å². The van der Waals surface area contributed by atoms with Gasteiger partial charge < -0.3 is 0 Å². The number of nitriles is 1. The van der Waals surface area contributed by atoms with Crippen molar-refractivity contribution >= 4 is 0 Å². The van der Waals surface area contributed by atoms with Crippen molar-refractivity contribution in [3.05, 3.63) is 70.5 Å². The first kappa shape index (κ1) is 14.2. The Hall–Kier alpha value is -2.18. The van der Waals surface area contributed by atoms with E-state index in [1.54, 1.807) is 12.1 Å². The molecule has 0 aliphatic rings. The first-order valence-corrected chi connectivity index (χ1v) is 6.51. The summed E-state index contributed by atoms with van der Waals surface area (Å²) in [5, 5.41) is 8.73. The van der Waals surface area contributed by atoms with Crippen LogP contribution in [0.3, 0.4) is 0 Å². The van der Waals surface area contributed by atoms with Gasteiger partial charge in [0.25, 0.3) is 0 Å². The van der Waals surface area contributed by atoms with Crippen LogP contribution in [0.4, 0.5) is 4.39 Å². The Kier molecular flexibility index (Phi) is 4.49. The molecule has 20 heavy (non-hydrogen) atoms. The number of aryl methyl sites for hydroxylation is 1. The van der Waals surface area contributed by atoms with Gasteiger partial charge in [-0.2, -0.15) is 5.26 Å². The normalized spacial score (nSPS) is 10.6. The summed E-state index contributed by atoms with van der Waals surface area (Å²) in [4.78, 5) is 2.05. The van der Waals surface area contributed by atoms with Gasteiger partial charge in [-0.05, 0) is 31.7 Å². The van der Waals surface area contributed by atoms with Crippen LogP contribution in [0, 0.1) is 24.1 Å². The summed E-state index contributed by atoms with van der Waals surface area (Å²) in [6.45, 7) is 3.34. The number of hydrogen-bond acceptors (Lipinski definition) is 2. The molecule has 0 heterocycles. The average molecular weight is 268 g/mol. The van der Waals surface area contributed by atoms with E-state index in [1.807, 2.05) is 19.2 Å². The molecule has 0 saturated carbocycles. The molecule has 0 atom stereocenters. The third-order valence-electron chi connectivity index (χ3n) is 3.16. The lowest BCUT2D eigenvalue weighted by Crippen LogP contribution is -2.18. The number of hydrogen-bond donors (Lipinski definition) is 0. The highest BCUT2D eigenvalue weighted by Crippen LogP contribution is 2.14. The average Bonchev–Trinajstić information content (AvgIpc) is 2.41. The van der Waals surface area contributed by atoms with Gasteiger partial charge >= 0.3 is 0 Å². The maximum atomic E-state index is 13.8. The summed E-state index contributed by atoms with van der Waals surface area (Å²) in [7, 11) is 1.96. The van der Waals surface area contributed by atoms with Gasteiger partial charge in [0.2, 0.25) is 0 Å². The van der Waals surface area contributed by atoms with Crippen LogP contribution in [-0.2, 0) is 13.1 Å². The highest BCUT2D eigenvalue weighted by Gasteiger charge is 2.07. The smallest absolute Gasteiger partial charge is 0.129 e. The van der Waals surface area contributed by atoms with Gasteiger partial charge in [-0.15, -0.1) is 0 Å². The Bertz CT molecular complexity index is 644. The molecule has 0 aromatic heterocycles. The molecule has 2 nitrogen and oxygen atoms in total. The number of rotatable bonds is 4. The molecule has 0 aliphatic carbocycles. The Morgan fingerprint density at radius 2 is 1.95 bits per heavy atom. The molecule has 0 radical (unpaired) electrons. The molecule has 0 fully saturated rings. The van der Waals surface area contributed by atoms with Crippen LogP contribution < -0.4 is 0 Å². The van der Waals surface area contributed by atoms with Gasteiger partial charge in [0.15, 0.2) is 0 Å². The van der Waals surface area contributed by atoms with Gasteiger partial charge in [-0.25, -0.2) is 4.39 Å². The summed E-state index contributed by atoms with van der Waals surface area (Å²) in [6.07, 6.45) is 0. The topological polar surface area (TPSA) is 27.0 Å². The molecule has 0 spiro atoms. The molecule has 2 aromatic rings. The molecule has 0 saturated heterocycles. The second-order valence-corrected chi connectivity index (χ2v) is 5.08. The number of benzene rings is 2. The van der Waals surface area contributed by atoms with Crippen molar-refractivity contribution in [2.75, 3.05) is 7.05 Å².